The number of hydrogen-bond acceptors (Lipinski definition) is 6. The van der Waals surface area contributed by atoms with Gasteiger partial charge in [0.05, 0.1) is 21.3 Å². The summed E-state index contributed by atoms with van der Waals surface area (Å²) in [7, 11) is 4.78. The van der Waals surface area contributed by atoms with Crippen molar-refractivity contribution in [2.75, 3.05) is 47.5 Å². The fraction of sp³-hybridized carbons (Fsp3) is 0.652. The molecule has 174 valence electrons. The molecule has 1 saturated heterocycles. The first-order valence-corrected chi connectivity index (χ1v) is 11.1. The number of carbonyl (C=O) groups is 1. The van der Waals surface area contributed by atoms with E-state index in [1.165, 1.54) is 12.7 Å². The summed E-state index contributed by atoms with van der Waals surface area (Å²) < 4.78 is 15.4. The van der Waals surface area contributed by atoms with Gasteiger partial charge in [0.15, 0.2) is 5.96 Å². The fourth-order valence-corrected chi connectivity index (χ4v) is 3.67. The van der Waals surface area contributed by atoms with Crippen LogP contribution < -0.4 is 20.1 Å². The Kier molecular flexibility index (Phi) is 11.0. The standard InChI is InChI=1S/C23H38N4O4/c1-5-24-23(25-11-8-6-7-9-22(28)31-4)26-19-10-12-27(17-19)16-18-13-20(29-2)15-21(14-18)30-3/h13-15,19H,5-12,16-17H2,1-4H3,(H2,24,25,26). The average molecular weight is 435 g/mol. The minimum atomic E-state index is -0.142. The van der Waals surface area contributed by atoms with Gasteiger partial charge in [-0.05, 0) is 43.9 Å². The molecule has 0 saturated carbocycles. The number of carbonyl (C=O) groups excluding carboxylic acids is 1. The summed E-state index contributed by atoms with van der Waals surface area (Å²) >= 11 is 0. The van der Waals surface area contributed by atoms with E-state index in [9.17, 15) is 4.79 Å². The number of likely N-dealkylation sites (tertiary alicyclic amines) is 1. The van der Waals surface area contributed by atoms with Gasteiger partial charge in [-0.3, -0.25) is 14.7 Å². The molecule has 0 aromatic heterocycles. The quantitative estimate of drug-likeness (QED) is 0.226. The summed E-state index contributed by atoms with van der Waals surface area (Å²) in [6.07, 6.45) is 4.33. The lowest BCUT2D eigenvalue weighted by molar-refractivity contribution is -0.140. The van der Waals surface area contributed by atoms with Crippen molar-refractivity contribution in [3.05, 3.63) is 23.8 Å². The van der Waals surface area contributed by atoms with Crippen LogP contribution in [0.3, 0.4) is 0 Å². The SMILES string of the molecule is CCNC(=NCCCCCC(=O)OC)NC1CCN(Cc2cc(OC)cc(OC)c2)C1. The molecule has 0 radical (unpaired) electrons. The van der Waals surface area contributed by atoms with Gasteiger partial charge in [-0.15, -0.1) is 0 Å². The Morgan fingerprint density at radius 3 is 2.52 bits per heavy atom. The monoisotopic (exact) mass is 434 g/mol. The Morgan fingerprint density at radius 2 is 1.87 bits per heavy atom. The largest absolute Gasteiger partial charge is 0.497 e. The highest BCUT2D eigenvalue weighted by Crippen LogP contribution is 2.24. The highest BCUT2D eigenvalue weighted by Gasteiger charge is 2.23. The molecule has 1 aromatic rings. The molecule has 1 fully saturated rings. The van der Waals surface area contributed by atoms with E-state index < -0.39 is 0 Å². The lowest BCUT2D eigenvalue weighted by Crippen LogP contribution is -2.44. The Morgan fingerprint density at radius 1 is 1.13 bits per heavy atom. The minimum Gasteiger partial charge on any atom is -0.497 e. The zero-order chi connectivity index (χ0) is 22.5. The summed E-state index contributed by atoms with van der Waals surface area (Å²) in [4.78, 5) is 18.3. The highest BCUT2D eigenvalue weighted by atomic mass is 16.5. The maximum Gasteiger partial charge on any atom is 0.305 e. The smallest absolute Gasteiger partial charge is 0.305 e. The Hall–Kier alpha value is -2.48. The van der Waals surface area contributed by atoms with Crippen LogP contribution in [0.1, 0.15) is 44.6 Å². The van der Waals surface area contributed by atoms with Crippen molar-refractivity contribution in [3.63, 3.8) is 0 Å². The topological polar surface area (TPSA) is 84.4 Å². The van der Waals surface area contributed by atoms with Gasteiger partial charge in [0.1, 0.15) is 11.5 Å². The van der Waals surface area contributed by atoms with Gasteiger partial charge in [-0.1, -0.05) is 6.42 Å². The molecule has 1 heterocycles. The number of aliphatic imine (C=N–C) groups is 1. The molecule has 1 aliphatic heterocycles. The van der Waals surface area contributed by atoms with Crippen LogP contribution in [0, 0.1) is 0 Å². The molecule has 8 nitrogen and oxygen atoms in total. The van der Waals surface area contributed by atoms with Gasteiger partial charge < -0.3 is 24.8 Å². The molecular weight excluding hydrogens is 396 g/mol. The maximum absolute atomic E-state index is 11.2. The van der Waals surface area contributed by atoms with Crippen LogP contribution in [0.15, 0.2) is 23.2 Å². The number of benzene rings is 1. The molecule has 1 aromatic carbocycles. The molecule has 2 N–H and O–H groups in total. The molecule has 0 amide bonds. The third kappa shape index (κ3) is 9.04. The van der Waals surface area contributed by atoms with Crippen molar-refractivity contribution in [1.82, 2.24) is 15.5 Å². The van der Waals surface area contributed by atoms with E-state index in [4.69, 9.17) is 14.5 Å². The van der Waals surface area contributed by atoms with Gasteiger partial charge in [-0.2, -0.15) is 0 Å². The van der Waals surface area contributed by atoms with Crippen molar-refractivity contribution in [3.8, 4) is 11.5 Å². The minimum absolute atomic E-state index is 0.142. The van der Waals surface area contributed by atoms with Crippen LogP contribution in [0.25, 0.3) is 0 Å². The summed E-state index contributed by atoms with van der Waals surface area (Å²) in [5.41, 5.74) is 1.18. The number of rotatable bonds is 12. The maximum atomic E-state index is 11.2. The lowest BCUT2D eigenvalue weighted by Gasteiger charge is -2.19. The second-order valence-corrected chi connectivity index (χ2v) is 7.73. The van der Waals surface area contributed by atoms with Crippen molar-refractivity contribution in [2.24, 2.45) is 4.99 Å². The van der Waals surface area contributed by atoms with Crippen LogP contribution in [-0.2, 0) is 16.1 Å². The molecule has 0 aliphatic carbocycles. The van der Waals surface area contributed by atoms with Gasteiger partial charge in [-0.25, -0.2) is 0 Å². The second kappa shape index (κ2) is 13.7. The van der Waals surface area contributed by atoms with Crippen LogP contribution in [0.4, 0.5) is 0 Å². The van der Waals surface area contributed by atoms with E-state index in [0.29, 0.717) is 12.5 Å². The Labute approximate surface area is 186 Å². The molecule has 1 atom stereocenters. The Bertz CT molecular complexity index is 689. The first-order chi connectivity index (χ1) is 15.1. The zero-order valence-corrected chi connectivity index (χ0v) is 19.4. The predicted octanol–water partition coefficient (Wildman–Crippen LogP) is 2.57. The van der Waals surface area contributed by atoms with E-state index in [2.05, 4.69) is 39.3 Å². The molecule has 0 bridgehead atoms. The molecule has 2 rings (SSSR count). The van der Waals surface area contributed by atoms with Crippen LogP contribution in [0.2, 0.25) is 0 Å². The van der Waals surface area contributed by atoms with Gasteiger partial charge in [0.2, 0.25) is 0 Å². The number of guanidine groups is 1. The summed E-state index contributed by atoms with van der Waals surface area (Å²) in [5.74, 6) is 2.36. The lowest BCUT2D eigenvalue weighted by atomic mass is 10.2. The van der Waals surface area contributed by atoms with Crippen LogP contribution in [0.5, 0.6) is 11.5 Å². The molecule has 8 heteroatoms. The van der Waals surface area contributed by atoms with Gasteiger partial charge in [0, 0.05) is 51.3 Å². The fourth-order valence-electron chi connectivity index (χ4n) is 3.67. The van der Waals surface area contributed by atoms with Gasteiger partial charge >= 0.3 is 5.97 Å². The number of nitrogens with one attached hydrogen (secondary N) is 2. The van der Waals surface area contributed by atoms with Crippen molar-refractivity contribution in [2.45, 2.75) is 51.6 Å². The molecule has 31 heavy (non-hydrogen) atoms. The number of nitrogens with zero attached hydrogens (tertiary/aromatic N) is 2. The van der Waals surface area contributed by atoms with Gasteiger partial charge in [0.25, 0.3) is 0 Å². The van der Waals surface area contributed by atoms with Crippen LogP contribution >= 0.6 is 0 Å². The summed E-state index contributed by atoms with van der Waals surface area (Å²) in [6, 6.07) is 6.39. The first-order valence-electron chi connectivity index (χ1n) is 11.1. The number of unbranched alkanes of at least 4 members (excludes halogenated alkanes) is 2. The van der Waals surface area contributed by atoms with E-state index in [1.807, 2.05) is 6.07 Å². The number of ether oxygens (including phenoxy) is 3. The summed E-state index contributed by atoms with van der Waals surface area (Å²) in [6.45, 7) is 6.50. The van der Waals surface area contributed by atoms with E-state index in [-0.39, 0.29) is 5.97 Å². The van der Waals surface area contributed by atoms with E-state index in [0.717, 1.165) is 75.9 Å². The number of hydrogen-bond donors (Lipinski definition) is 2. The molecule has 0 spiro atoms. The van der Waals surface area contributed by atoms with Crippen molar-refractivity contribution in [1.29, 1.82) is 0 Å². The zero-order valence-electron chi connectivity index (χ0n) is 19.4. The summed E-state index contributed by atoms with van der Waals surface area (Å²) in [5, 5.41) is 6.91. The second-order valence-electron chi connectivity index (χ2n) is 7.73. The Balaban J connectivity index is 1.79. The molecule has 1 unspecified atom stereocenters. The van der Waals surface area contributed by atoms with Crippen LogP contribution in [-0.4, -0.2) is 70.4 Å². The average Bonchev–Trinajstić information content (AvgIpc) is 3.22. The molecule has 1 aliphatic rings. The predicted molar refractivity (Wildman–Crippen MR) is 123 cm³/mol. The van der Waals surface area contributed by atoms with Crippen molar-refractivity contribution < 1.29 is 19.0 Å². The third-order valence-electron chi connectivity index (χ3n) is 5.31. The normalized spacial score (nSPS) is 16.8. The van der Waals surface area contributed by atoms with E-state index in [1.54, 1.807) is 14.2 Å². The number of methoxy groups -OCH3 is 3. The third-order valence-corrected chi connectivity index (χ3v) is 5.31. The van der Waals surface area contributed by atoms with Crippen molar-refractivity contribution >= 4 is 11.9 Å². The highest BCUT2D eigenvalue weighted by molar-refractivity contribution is 5.80. The number of esters is 1. The molecular formula is C23H38N4O4. The first kappa shape index (κ1) is 24.8. The van der Waals surface area contributed by atoms with E-state index >= 15 is 0 Å².